The van der Waals surface area contributed by atoms with E-state index in [2.05, 4.69) is 14.5 Å². The van der Waals surface area contributed by atoms with Gasteiger partial charge in [-0.1, -0.05) is 0 Å². The molecule has 2 N–H and O–H groups in total. The van der Waals surface area contributed by atoms with Crippen LogP contribution >= 0.6 is 0 Å². The normalized spacial score (nSPS) is 15.4. The third-order valence-electron chi connectivity index (χ3n) is 3.31. The second-order valence-electron chi connectivity index (χ2n) is 4.71. The van der Waals surface area contributed by atoms with E-state index in [1.165, 1.54) is 0 Å². The van der Waals surface area contributed by atoms with E-state index in [-0.39, 0.29) is 5.91 Å². The van der Waals surface area contributed by atoms with Crippen molar-refractivity contribution in [2.75, 3.05) is 33.2 Å². The van der Waals surface area contributed by atoms with E-state index in [0.717, 1.165) is 38.4 Å². The van der Waals surface area contributed by atoms with Crippen LogP contribution < -0.4 is 5.73 Å². The average Bonchev–Trinajstić information content (AvgIpc) is 2.83. The molecular formula is C12H21N5O. The number of imidazole rings is 1. The Bertz CT molecular complexity index is 403. The number of hydrogen-bond donors (Lipinski definition) is 1. The van der Waals surface area contributed by atoms with Gasteiger partial charge in [0.15, 0.2) is 0 Å². The van der Waals surface area contributed by atoms with Crippen LogP contribution in [0.4, 0.5) is 0 Å². The Labute approximate surface area is 107 Å². The Morgan fingerprint density at radius 1 is 1.56 bits per heavy atom. The first-order valence-electron chi connectivity index (χ1n) is 6.37. The summed E-state index contributed by atoms with van der Waals surface area (Å²) in [6, 6.07) is 0. The van der Waals surface area contributed by atoms with Crippen LogP contribution in [0.5, 0.6) is 0 Å². The maximum Gasteiger partial charge on any atom is 0.236 e. The zero-order valence-electron chi connectivity index (χ0n) is 10.9. The third-order valence-corrected chi connectivity index (χ3v) is 3.31. The molecule has 0 saturated heterocycles. The standard InChI is InChI=1S/C12H21N5O/c1-15(5-2-3-13)12(18)10-16-7-8-17-6-4-14-11(17)9-16/h4,6H,2-3,5,7-10,13H2,1H3. The van der Waals surface area contributed by atoms with Crippen LogP contribution in [0.2, 0.25) is 0 Å². The first kappa shape index (κ1) is 13.0. The van der Waals surface area contributed by atoms with Gasteiger partial charge in [0.05, 0.1) is 13.1 Å². The molecular weight excluding hydrogens is 230 g/mol. The molecule has 0 saturated carbocycles. The molecule has 0 aliphatic carbocycles. The molecule has 6 nitrogen and oxygen atoms in total. The van der Waals surface area contributed by atoms with Gasteiger partial charge in [-0.05, 0) is 13.0 Å². The number of fused-ring (bicyclic) bond motifs is 1. The van der Waals surface area contributed by atoms with E-state index in [9.17, 15) is 4.79 Å². The van der Waals surface area contributed by atoms with Crippen LogP contribution in [-0.4, -0.2) is 58.5 Å². The quantitative estimate of drug-likeness (QED) is 0.766. The number of carbonyl (C=O) groups excluding carboxylic acids is 1. The van der Waals surface area contributed by atoms with Crippen molar-refractivity contribution in [1.29, 1.82) is 0 Å². The molecule has 0 spiro atoms. The minimum Gasteiger partial charge on any atom is -0.345 e. The number of nitrogens with two attached hydrogens (primary N) is 1. The minimum absolute atomic E-state index is 0.156. The Morgan fingerprint density at radius 3 is 3.17 bits per heavy atom. The van der Waals surface area contributed by atoms with E-state index < -0.39 is 0 Å². The minimum atomic E-state index is 0.156. The molecule has 100 valence electrons. The van der Waals surface area contributed by atoms with Crippen LogP contribution in [0.25, 0.3) is 0 Å². The number of aromatic nitrogens is 2. The first-order chi connectivity index (χ1) is 8.70. The van der Waals surface area contributed by atoms with Crippen molar-refractivity contribution in [3.63, 3.8) is 0 Å². The first-order valence-corrected chi connectivity index (χ1v) is 6.37. The molecule has 0 aromatic carbocycles. The van der Waals surface area contributed by atoms with E-state index >= 15 is 0 Å². The summed E-state index contributed by atoms with van der Waals surface area (Å²) < 4.78 is 2.14. The summed E-state index contributed by atoms with van der Waals surface area (Å²) >= 11 is 0. The second-order valence-corrected chi connectivity index (χ2v) is 4.71. The zero-order chi connectivity index (χ0) is 13.0. The summed E-state index contributed by atoms with van der Waals surface area (Å²) in [5, 5.41) is 0. The number of carbonyl (C=O) groups is 1. The van der Waals surface area contributed by atoms with Gasteiger partial charge in [0.25, 0.3) is 0 Å². The van der Waals surface area contributed by atoms with Crippen LogP contribution in [0.15, 0.2) is 12.4 Å². The number of likely N-dealkylation sites (N-methyl/N-ethyl adjacent to an activating group) is 1. The van der Waals surface area contributed by atoms with Gasteiger partial charge in [-0.2, -0.15) is 0 Å². The molecule has 1 aliphatic heterocycles. The Morgan fingerprint density at radius 2 is 2.39 bits per heavy atom. The summed E-state index contributed by atoms with van der Waals surface area (Å²) in [6.07, 6.45) is 4.66. The molecule has 0 radical (unpaired) electrons. The lowest BCUT2D eigenvalue weighted by Crippen LogP contribution is -2.42. The molecule has 1 aliphatic rings. The van der Waals surface area contributed by atoms with E-state index in [1.807, 2.05) is 19.4 Å². The van der Waals surface area contributed by atoms with Gasteiger partial charge in [-0.25, -0.2) is 4.98 Å². The smallest absolute Gasteiger partial charge is 0.236 e. The number of rotatable bonds is 5. The predicted molar refractivity (Wildman–Crippen MR) is 68.8 cm³/mol. The lowest BCUT2D eigenvalue weighted by molar-refractivity contribution is -0.131. The van der Waals surface area contributed by atoms with Crippen LogP contribution in [0.1, 0.15) is 12.2 Å². The molecule has 0 bridgehead atoms. The number of nitrogens with zero attached hydrogens (tertiary/aromatic N) is 4. The zero-order valence-corrected chi connectivity index (χ0v) is 10.9. The Kier molecular flexibility index (Phi) is 4.33. The van der Waals surface area contributed by atoms with Gasteiger partial charge in [-0.15, -0.1) is 0 Å². The van der Waals surface area contributed by atoms with E-state index in [4.69, 9.17) is 5.73 Å². The monoisotopic (exact) mass is 251 g/mol. The lowest BCUT2D eigenvalue weighted by Gasteiger charge is -2.28. The molecule has 6 heteroatoms. The highest BCUT2D eigenvalue weighted by Gasteiger charge is 2.20. The van der Waals surface area contributed by atoms with Gasteiger partial charge in [0.2, 0.25) is 5.91 Å². The van der Waals surface area contributed by atoms with Crippen molar-refractivity contribution >= 4 is 5.91 Å². The summed E-state index contributed by atoms with van der Waals surface area (Å²) in [5.41, 5.74) is 5.44. The molecule has 2 rings (SSSR count). The Hall–Kier alpha value is -1.40. The molecule has 1 aromatic heterocycles. The van der Waals surface area contributed by atoms with Gasteiger partial charge < -0.3 is 15.2 Å². The summed E-state index contributed by atoms with van der Waals surface area (Å²) in [6.45, 7) is 4.39. The van der Waals surface area contributed by atoms with Crippen molar-refractivity contribution in [3.8, 4) is 0 Å². The highest BCUT2D eigenvalue weighted by atomic mass is 16.2. The molecule has 1 amide bonds. The average molecular weight is 251 g/mol. The molecule has 2 heterocycles. The fourth-order valence-corrected chi connectivity index (χ4v) is 2.12. The summed E-state index contributed by atoms with van der Waals surface area (Å²) in [7, 11) is 1.84. The van der Waals surface area contributed by atoms with Crippen molar-refractivity contribution in [2.45, 2.75) is 19.5 Å². The highest BCUT2D eigenvalue weighted by molar-refractivity contribution is 5.77. The molecule has 0 atom stereocenters. The van der Waals surface area contributed by atoms with Gasteiger partial charge in [-0.3, -0.25) is 9.69 Å². The predicted octanol–water partition coefficient (Wildman–Crippen LogP) is -0.494. The third kappa shape index (κ3) is 3.08. The van der Waals surface area contributed by atoms with Crippen molar-refractivity contribution < 1.29 is 4.79 Å². The summed E-state index contributed by atoms with van der Waals surface area (Å²) in [5.74, 6) is 1.20. The fourth-order valence-electron chi connectivity index (χ4n) is 2.12. The van der Waals surface area contributed by atoms with Crippen molar-refractivity contribution in [3.05, 3.63) is 18.2 Å². The maximum absolute atomic E-state index is 12.0. The molecule has 0 fully saturated rings. The SMILES string of the molecule is CN(CCCN)C(=O)CN1CCn2ccnc2C1. The van der Waals surface area contributed by atoms with E-state index in [0.29, 0.717) is 13.1 Å². The fraction of sp³-hybridized carbons (Fsp3) is 0.667. The van der Waals surface area contributed by atoms with Crippen LogP contribution in [-0.2, 0) is 17.9 Å². The van der Waals surface area contributed by atoms with Crippen molar-refractivity contribution in [1.82, 2.24) is 19.4 Å². The summed E-state index contributed by atoms with van der Waals surface area (Å²) in [4.78, 5) is 20.2. The van der Waals surface area contributed by atoms with Crippen LogP contribution in [0.3, 0.4) is 0 Å². The van der Waals surface area contributed by atoms with Crippen molar-refractivity contribution in [2.24, 2.45) is 5.73 Å². The lowest BCUT2D eigenvalue weighted by atomic mass is 10.3. The van der Waals surface area contributed by atoms with Gasteiger partial charge in [0.1, 0.15) is 5.82 Å². The largest absolute Gasteiger partial charge is 0.345 e. The molecule has 18 heavy (non-hydrogen) atoms. The van der Waals surface area contributed by atoms with Gasteiger partial charge in [0, 0.05) is 39.1 Å². The highest BCUT2D eigenvalue weighted by Crippen LogP contribution is 2.09. The maximum atomic E-state index is 12.0. The van der Waals surface area contributed by atoms with Gasteiger partial charge >= 0.3 is 0 Å². The number of hydrogen-bond acceptors (Lipinski definition) is 4. The van der Waals surface area contributed by atoms with Crippen LogP contribution in [0, 0.1) is 0 Å². The number of amides is 1. The topological polar surface area (TPSA) is 67.4 Å². The molecule has 1 aromatic rings. The van der Waals surface area contributed by atoms with E-state index in [1.54, 1.807) is 4.90 Å². The molecule has 0 unspecified atom stereocenters. The second kappa shape index (κ2) is 5.97. The Balaban J connectivity index is 1.82.